The molecular formula is C22H38N4O3. The molecule has 0 radical (unpaired) electrons. The van der Waals surface area contributed by atoms with Crippen LogP contribution in [0.2, 0.25) is 0 Å². The second-order valence-electron chi connectivity index (χ2n) is 8.89. The van der Waals surface area contributed by atoms with Crippen molar-refractivity contribution in [3.63, 3.8) is 0 Å². The maximum atomic E-state index is 12.5. The van der Waals surface area contributed by atoms with Gasteiger partial charge in [0.2, 0.25) is 17.7 Å². The first-order valence-electron chi connectivity index (χ1n) is 11.7. The van der Waals surface area contributed by atoms with Crippen LogP contribution >= 0.6 is 0 Å². The van der Waals surface area contributed by atoms with E-state index in [1.165, 1.54) is 32.1 Å². The number of amides is 3. The van der Waals surface area contributed by atoms with Gasteiger partial charge in [0.05, 0.1) is 6.54 Å². The van der Waals surface area contributed by atoms with Gasteiger partial charge in [-0.2, -0.15) is 0 Å². The van der Waals surface area contributed by atoms with Crippen molar-refractivity contribution < 1.29 is 14.4 Å². The zero-order chi connectivity index (χ0) is 20.5. The molecule has 164 valence electrons. The quantitative estimate of drug-likeness (QED) is 0.591. The Bertz CT molecular complexity index is 554. The van der Waals surface area contributed by atoms with Crippen LogP contribution in [0.25, 0.3) is 0 Å². The number of nitrogens with one attached hydrogen (secondary N) is 1. The van der Waals surface area contributed by atoms with E-state index in [9.17, 15) is 14.4 Å². The molecule has 29 heavy (non-hydrogen) atoms. The highest BCUT2D eigenvalue weighted by atomic mass is 16.2. The van der Waals surface area contributed by atoms with Gasteiger partial charge in [-0.25, -0.2) is 0 Å². The highest BCUT2D eigenvalue weighted by Gasteiger charge is 2.23. The fourth-order valence-corrected chi connectivity index (χ4v) is 4.81. The Morgan fingerprint density at radius 1 is 0.966 bits per heavy atom. The number of carbonyl (C=O) groups excluding carboxylic acids is 3. The molecule has 2 aliphatic heterocycles. The highest BCUT2D eigenvalue weighted by molar-refractivity contribution is 5.79. The highest BCUT2D eigenvalue weighted by Crippen LogP contribution is 2.27. The van der Waals surface area contributed by atoms with Crippen molar-refractivity contribution in [1.29, 1.82) is 0 Å². The Balaban J connectivity index is 1.23. The summed E-state index contributed by atoms with van der Waals surface area (Å²) in [5, 5.41) is 2.96. The summed E-state index contributed by atoms with van der Waals surface area (Å²) in [5.41, 5.74) is 0. The van der Waals surface area contributed by atoms with Gasteiger partial charge < -0.3 is 15.1 Å². The molecule has 0 aromatic heterocycles. The fraction of sp³-hybridized carbons (Fsp3) is 0.864. The Morgan fingerprint density at radius 2 is 1.72 bits per heavy atom. The summed E-state index contributed by atoms with van der Waals surface area (Å²) in [6.07, 6.45) is 10.8. The summed E-state index contributed by atoms with van der Waals surface area (Å²) in [7, 11) is 0. The smallest absolute Gasteiger partial charge is 0.234 e. The third-order valence-corrected chi connectivity index (χ3v) is 6.68. The molecule has 1 N–H and O–H groups in total. The van der Waals surface area contributed by atoms with Crippen molar-refractivity contribution in [2.45, 2.75) is 64.2 Å². The van der Waals surface area contributed by atoms with Crippen molar-refractivity contribution in [3.8, 4) is 0 Å². The Labute approximate surface area is 175 Å². The maximum Gasteiger partial charge on any atom is 0.234 e. The number of likely N-dealkylation sites (tertiary alicyclic amines) is 1. The van der Waals surface area contributed by atoms with E-state index in [2.05, 4.69) is 10.2 Å². The molecular weight excluding hydrogens is 368 g/mol. The average Bonchev–Trinajstić information content (AvgIpc) is 3.15. The van der Waals surface area contributed by atoms with E-state index in [0.29, 0.717) is 25.9 Å². The lowest BCUT2D eigenvalue weighted by Gasteiger charge is -2.34. The molecule has 2 saturated heterocycles. The van der Waals surface area contributed by atoms with Gasteiger partial charge in [0.25, 0.3) is 0 Å². The maximum absolute atomic E-state index is 12.5. The molecule has 7 heteroatoms. The van der Waals surface area contributed by atoms with Crippen LogP contribution in [0.5, 0.6) is 0 Å². The van der Waals surface area contributed by atoms with Crippen molar-refractivity contribution in [1.82, 2.24) is 20.0 Å². The number of carbonyl (C=O) groups is 3. The Hall–Kier alpha value is -1.63. The Morgan fingerprint density at radius 3 is 2.41 bits per heavy atom. The number of piperazine rings is 1. The van der Waals surface area contributed by atoms with Gasteiger partial charge in [0.15, 0.2) is 0 Å². The van der Waals surface area contributed by atoms with Crippen molar-refractivity contribution in [2.75, 3.05) is 52.4 Å². The predicted molar refractivity (Wildman–Crippen MR) is 112 cm³/mol. The normalized spacial score (nSPS) is 21.6. The number of rotatable bonds is 9. The summed E-state index contributed by atoms with van der Waals surface area (Å²) in [6.45, 7) is 5.60. The lowest BCUT2D eigenvalue weighted by Crippen LogP contribution is -2.51. The van der Waals surface area contributed by atoms with Gasteiger partial charge in [-0.3, -0.25) is 19.3 Å². The molecule has 3 amide bonds. The van der Waals surface area contributed by atoms with E-state index in [-0.39, 0.29) is 17.7 Å². The predicted octanol–water partition coefficient (Wildman–Crippen LogP) is 1.62. The molecule has 1 saturated carbocycles. The molecule has 0 spiro atoms. The Kier molecular flexibility index (Phi) is 8.77. The summed E-state index contributed by atoms with van der Waals surface area (Å²) >= 11 is 0. The standard InChI is InChI=1S/C22H38N4O3/c27-20(23-11-5-13-25-12-4-8-21(25)28)18-24-14-16-26(17-15-24)22(29)10-9-19-6-2-1-3-7-19/h19H,1-18H2,(H,23,27). The second kappa shape index (κ2) is 11.5. The van der Waals surface area contributed by atoms with Crippen LogP contribution in [0, 0.1) is 5.92 Å². The zero-order valence-electron chi connectivity index (χ0n) is 17.9. The van der Waals surface area contributed by atoms with Crippen LogP contribution in [0.3, 0.4) is 0 Å². The van der Waals surface area contributed by atoms with E-state index >= 15 is 0 Å². The monoisotopic (exact) mass is 406 g/mol. The van der Waals surface area contributed by atoms with Crippen molar-refractivity contribution >= 4 is 17.7 Å². The molecule has 0 unspecified atom stereocenters. The van der Waals surface area contributed by atoms with Gasteiger partial charge in [-0.15, -0.1) is 0 Å². The van der Waals surface area contributed by atoms with Crippen LogP contribution in [-0.2, 0) is 14.4 Å². The average molecular weight is 407 g/mol. The first kappa shape index (κ1) is 22.1. The molecule has 3 aliphatic rings. The minimum atomic E-state index is 0.0369. The van der Waals surface area contributed by atoms with Crippen LogP contribution in [0.4, 0.5) is 0 Å². The van der Waals surface area contributed by atoms with E-state index in [0.717, 1.165) is 64.4 Å². The van der Waals surface area contributed by atoms with Gasteiger partial charge >= 0.3 is 0 Å². The number of nitrogens with zero attached hydrogens (tertiary/aromatic N) is 3. The largest absolute Gasteiger partial charge is 0.355 e. The molecule has 0 aromatic carbocycles. The van der Waals surface area contributed by atoms with Crippen molar-refractivity contribution in [3.05, 3.63) is 0 Å². The van der Waals surface area contributed by atoms with Gasteiger partial charge in [0, 0.05) is 58.7 Å². The van der Waals surface area contributed by atoms with E-state index < -0.39 is 0 Å². The van der Waals surface area contributed by atoms with E-state index in [4.69, 9.17) is 0 Å². The number of hydrogen-bond donors (Lipinski definition) is 1. The zero-order valence-corrected chi connectivity index (χ0v) is 17.9. The minimum absolute atomic E-state index is 0.0369. The van der Waals surface area contributed by atoms with Crippen LogP contribution in [0.1, 0.15) is 64.2 Å². The second-order valence-corrected chi connectivity index (χ2v) is 8.89. The van der Waals surface area contributed by atoms with Gasteiger partial charge in [-0.1, -0.05) is 32.1 Å². The molecule has 0 bridgehead atoms. The third kappa shape index (κ3) is 7.28. The van der Waals surface area contributed by atoms with E-state index in [1.807, 2.05) is 9.80 Å². The lowest BCUT2D eigenvalue weighted by atomic mass is 9.86. The molecule has 7 nitrogen and oxygen atoms in total. The van der Waals surface area contributed by atoms with E-state index in [1.54, 1.807) is 0 Å². The SMILES string of the molecule is O=C(CN1CCN(C(=O)CCC2CCCCC2)CC1)NCCCN1CCCC1=O. The summed E-state index contributed by atoms with van der Waals surface area (Å²) in [4.78, 5) is 42.2. The molecule has 3 fully saturated rings. The third-order valence-electron chi connectivity index (χ3n) is 6.68. The molecule has 2 heterocycles. The minimum Gasteiger partial charge on any atom is -0.355 e. The molecule has 3 rings (SSSR count). The van der Waals surface area contributed by atoms with Crippen LogP contribution < -0.4 is 5.32 Å². The van der Waals surface area contributed by atoms with Crippen LogP contribution in [0.15, 0.2) is 0 Å². The van der Waals surface area contributed by atoms with Crippen LogP contribution in [-0.4, -0.2) is 84.8 Å². The first-order valence-corrected chi connectivity index (χ1v) is 11.7. The van der Waals surface area contributed by atoms with Gasteiger partial charge in [0.1, 0.15) is 0 Å². The van der Waals surface area contributed by atoms with Crippen molar-refractivity contribution in [2.24, 2.45) is 5.92 Å². The number of hydrogen-bond acceptors (Lipinski definition) is 4. The summed E-state index contributed by atoms with van der Waals surface area (Å²) < 4.78 is 0. The molecule has 0 atom stereocenters. The fourth-order valence-electron chi connectivity index (χ4n) is 4.81. The van der Waals surface area contributed by atoms with Gasteiger partial charge in [-0.05, 0) is 25.2 Å². The summed E-state index contributed by atoms with van der Waals surface area (Å²) in [6, 6.07) is 0. The summed E-state index contributed by atoms with van der Waals surface area (Å²) in [5.74, 6) is 1.31. The first-order chi connectivity index (χ1) is 14.1. The lowest BCUT2D eigenvalue weighted by molar-refractivity contribution is -0.133. The topological polar surface area (TPSA) is 73.0 Å². The molecule has 0 aromatic rings. The molecule has 1 aliphatic carbocycles.